The van der Waals surface area contributed by atoms with E-state index in [1.807, 2.05) is 297 Å². The molecule has 0 amide bonds. The second kappa shape index (κ2) is 34.6. The minimum absolute atomic E-state index is 0.161. The number of hydrogen-bond donors (Lipinski definition) is 0. The summed E-state index contributed by atoms with van der Waals surface area (Å²) >= 11 is 0. The van der Waals surface area contributed by atoms with Crippen LogP contribution in [0.25, 0.3) is 317 Å². The van der Waals surface area contributed by atoms with Gasteiger partial charge in [0.05, 0.1) is 32.9 Å². The fraction of sp³-hybridized carbons (Fsp3) is 0. The second-order valence-electron chi connectivity index (χ2n) is 37.9. The Kier molecular flexibility index (Phi) is 14.9. The topological polar surface area (TPSA) is 39.4 Å². The lowest BCUT2D eigenvalue weighted by Gasteiger charge is -2.19. The van der Waals surface area contributed by atoms with Crippen molar-refractivity contribution < 1.29 is 46.1 Å². The summed E-state index contributed by atoms with van der Waals surface area (Å²) in [5, 5.41) is 23.2. The summed E-state index contributed by atoms with van der Waals surface area (Å²) in [6.45, 7) is 0. The molecule has 0 radical (unpaired) electrons. The van der Waals surface area contributed by atoms with Crippen molar-refractivity contribution in [3.05, 3.63) is 533 Å². The van der Waals surface area contributed by atoms with Crippen LogP contribution in [0.4, 0.5) is 0 Å². The molecule has 0 aliphatic heterocycles. The first-order valence-electron chi connectivity index (χ1n) is 61.4. The number of benzene rings is 29. The normalized spacial score (nSPS) is 14.1. The summed E-state index contributed by atoms with van der Waals surface area (Å²) in [5.74, 6) is 0. The Morgan fingerprint density at radius 1 is 0.121 bits per heavy atom. The molecular formula is C146H88O3. The molecule has 32 aromatic rings. The molecule has 0 saturated heterocycles. The van der Waals surface area contributed by atoms with E-state index in [1.165, 1.54) is 0 Å². The number of rotatable bonds is 9. The van der Waals surface area contributed by atoms with Crippen molar-refractivity contribution in [3.63, 3.8) is 0 Å². The zero-order chi connectivity index (χ0) is 119. The Balaban J connectivity index is 0.000000114. The molecule has 3 heteroatoms. The smallest absolute Gasteiger partial charge is 0.136 e. The molecule has 0 unspecified atom stereocenters. The zero-order valence-corrected chi connectivity index (χ0v) is 79.2. The van der Waals surface area contributed by atoms with Gasteiger partial charge in [0.25, 0.3) is 0 Å². The predicted molar refractivity (Wildman–Crippen MR) is 635 cm³/mol. The molecule has 0 spiro atoms. The molecule has 3 nitrogen and oxygen atoms in total. The third kappa shape index (κ3) is 14.0. The summed E-state index contributed by atoms with van der Waals surface area (Å²) in [6, 6.07) is 118. The van der Waals surface area contributed by atoms with Gasteiger partial charge in [-0.25, -0.2) is 0 Å². The summed E-state index contributed by atoms with van der Waals surface area (Å²) in [4.78, 5) is 0. The van der Waals surface area contributed by atoms with E-state index < -0.39 is 72.5 Å². The maximum absolute atomic E-state index is 9.53. The van der Waals surface area contributed by atoms with Crippen molar-refractivity contribution in [2.45, 2.75) is 0 Å². The highest BCUT2D eigenvalue weighted by atomic mass is 16.3. The van der Waals surface area contributed by atoms with Gasteiger partial charge in [-0.05, 0) is 324 Å². The average Bonchev–Trinajstić information content (AvgIpc) is 1.63. The van der Waals surface area contributed by atoms with Gasteiger partial charge in [-0.1, -0.05) is 460 Å². The van der Waals surface area contributed by atoms with Crippen LogP contribution in [0, 0.1) is 0 Å². The fourth-order valence-corrected chi connectivity index (χ4v) is 23.2. The van der Waals surface area contributed by atoms with E-state index in [0.29, 0.717) is 111 Å². The van der Waals surface area contributed by atoms with Gasteiger partial charge in [0, 0.05) is 32.3 Å². The molecule has 0 bridgehead atoms. The lowest BCUT2D eigenvalue weighted by molar-refractivity contribution is 0.669. The zero-order valence-electron chi connectivity index (χ0n) is 103. The molecule has 0 fully saturated rings. The maximum atomic E-state index is 9.53. The monoisotopic (exact) mass is 1910 g/mol. The molecule has 0 aliphatic rings. The number of furan rings is 3. The van der Waals surface area contributed by atoms with Gasteiger partial charge < -0.3 is 13.3 Å². The summed E-state index contributed by atoms with van der Waals surface area (Å²) < 4.78 is 240. The summed E-state index contributed by atoms with van der Waals surface area (Å²) in [6.07, 6.45) is 0. The lowest BCUT2D eigenvalue weighted by atomic mass is 9.84. The van der Waals surface area contributed by atoms with Gasteiger partial charge in [0.15, 0.2) is 0 Å². The molecule has 29 aromatic carbocycles. The van der Waals surface area contributed by atoms with Crippen LogP contribution < -0.4 is 0 Å². The van der Waals surface area contributed by atoms with E-state index >= 15 is 0 Å². The fourth-order valence-electron chi connectivity index (χ4n) is 23.2. The van der Waals surface area contributed by atoms with Crippen molar-refractivity contribution in [3.8, 4) is 100 Å². The SMILES string of the molecule is [2H]c1c([2H])c([2H])c2c(-c3cccc4oc5cc6ccccc6cc5c34)c3c([2H])c([2H])c([2H])c([2H])c3c(-c3ccc(-c4cccc5ccc6ccccc6c45)cc3)c2c1[2H].[2H]c1c([2H])c([2H])c2c(-c3cccc4oc5cc6ccccc6cc5c34)c3c([2H])c([2H])c([2H])c([2H])c3c(-c3cccc(-c4ccc5ccc6ccccc6c5c4)c3)c2c1[2H].[2H]c1c([2H])c([2H])c2c(-c3cccc4oc5cc6ccccc6cc5c34)c3c([2H])c([2H])c([2H])c([2H])c3c(-c3cccc(-c4cccc5ccccc45)c3)c2c1[2H]. The molecule has 0 N–H and O–H groups in total. The van der Waals surface area contributed by atoms with Crippen LogP contribution in [0.15, 0.2) is 547 Å². The van der Waals surface area contributed by atoms with E-state index in [-0.39, 0.29) is 143 Å². The van der Waals surface area contributed by atoms with Crippen LogP contribution in [0.2, 0.25) is 0 Å². The van der Waals surface area contributed by atoms with E-state index in [2.05, 4.69) is 72.8 Å². The molecule has 0 atom stereocenters. The van der Waals surface area contributed by atoms with Crippen molar-refractivity contribution in [1.82, 2.24) is 0 Å². The Bertz CT molecular complexity index is 12600. The van der Waals surface area contributed by atoms with E-state index in [0.717, 1.165) is 136 Å². The molecule has 3 aromatic heterocycles. The van der Waals surface area contributed by atoms with Crippen molar-refractivity contribution in [2.24, 2.45) is 0 Å². The minimum Gasteiger partial charge on any atom is -0.456 e. The van der Waals surface area contributed by atoms with Crippen LogP contribution in [0.3, 0.4) is 0 Å². The van der Waals surface area contributed by atoms with Gasteiger partial charge in [-0.2, -0.15) is 0 Å². The van der Waals surface area contributed by atoms with Crippen LogP contribution in [-0.4, -0.2) is 0 Å². The lowest BCUT2D eigenvalue weighted by Crippen LogP contribution is -1.91. The van der Waals surface area contributed by atoms with E-state index in [1.54, 1.807) is 18.2 Å². The average molecular weight is 1910 g/mol. The molecular weight excluding hydrogens is 1800 g/mol. The first-order valence-corrected chi connectivity index (χ1v) is 49.4. The van der Waals surface area contributed by atoms with Crippen LogP contribution in [0.5, 0.6) is 0 Å². The molecule has 0 saturated carbocycles. The molecule has 149 heavy (non-hydrogen) atoms. The quantitative estimate of drug-likeness (QED) is 0.107. The Morgan fingerprint density at radius 3 is 0.805 bits per heavy atom. The number of hydrogen-bond acceptors (Lipinski definition) is 3. The highest BCUT2D eigenvalue weighted by molar-refractivity contribution is 6.31. The van der Waals surface area contributed by atoms with Gasteiger partial charge in [-0.3, -0.25) is 0 Å². The summed E-state index contributed by atoms with van der Waals surface area (Å²) in [5.41, 5.74) is 14.1. The highest BCUT2D eigenvalue weighted by Gasteiger charge is 2.28. The van der Waals surface area contributed by atoms with Crippen molar-refractivity contribution in [1.29, 1.82) is 0 Å². The first-order chi connectivity index (χ1) is 83.9. The van der Waals surface area contributed by atoms with Crippen molar-refractivity contribution >= 4 is 217 Å². The predicted octanol–water partition coefficient (Wildman–Crippen LogP) is 41.9. The largest absolute Gasteiger partial charge is 0.456 e. The Labute approximate surface area is 891 Å². The molecule has 32 rings (SSSR count). The standard InChI is InChI=1S/2C50H30O.C46H28O/c1-2-13-35-30-47-45(29-34(35)12-1)50-43(21-10-22-46(50)51-47)49-41-19-7-5-17-39(41)48(40-18-6-8-20-42(40)49)37-15-9-14-33(27-37)36-26-25-32-24-23-31-11-3-4-16-38(31)44(32)28-36;1-2-13-36-30-46-44(29-35(36)12-1)50-43(21-10-22-45(50)51-46)49-41-18-7-5-16-39(41)48(40-17-6-8-19-42(40)49)34-27-24-32(25-28-34)38-20-9-14-33-26-23-31-11-3-4-15-37(31)47(33)38;1-2-14-31-28-43-41(27-30(31)13-1)46-40(24-11-25-42(46)47-43)45-38-21-7-5-19-36(38)44(37-20-6-8-22-39(37)45)33-17-9-16-32(26-33)35-23-10-15-29-12-3-4-18-34(29)35/h2*1-30H;1-28H/i5D,6D,7D,8D,17D,18D,19D,20D;5D,6D,7D,8D,16D,17D,18D,19D;5D,6D,7D,8D,19D,20D,21D,22D. The molecule has 690 valence electrons. The van der Waals surface area contributed by atoms with Crippen LogP contribution >= 0.6 is 0 Å². The van der Waals surface area contributed by atoms with Gasteiger partial charge in [-0.15, -0.1) is 0 Å². The molecule has 3 heterocycles. The minimum atomic E-state index is -0.442. The second-order valence-corrected chi connectivity index (χ2v) is 37.9. The third-order valence-corrected chi connectivity index (χ3v) is 29.8. The first kappa shape index (κ1) is 64.1. The van der Waals surface area contributed by atoms with Gasteiger partial charge in [0.2, 0.25) is 0 Å². The molecule has 0 aliphatic carbocycles. The van der Waals surface area contributed by atoms with Crippen molar-refractivity contribution in [2.75, 3.05) is 0 Å². The highest BCUT2D eigenvalue weighted by Crippen LogP contribution is 2.54. The Morgan fingerprint density at radius 2 is 0.383 bits per heavy atom. The van der Waals surface area contributed by atoms with E-state index in [4.69, 9.17) is 29.7 Å². The Hall–Kier alpha value is -19.6. The maximum Gasteiger partial charge on any atom is 0.136 e. The number of fused-ring (bicyclic) bond motifs is 25. The van der Waals surface area contributed by atoms with Crippen LogP contribution in [0.1, 0.15) is 32.9 Å². The third-order valence-electron chi connectivity index (χ3n) is 29.8. The summed E-state index contributed by atoms with van der Waals surface area (Å²) in [7, 11) is 0. The van der Waals surface area contributed by atoms with Crippen LogP contribution in [-0.2, 0) is 0 Å². The van der Waals surface area contributed by atoms with E-state index in [9.17, 15) is 16.4 Å². The van der Waals surface area contributed by atoms with Gasteiger partial charge in [0.1, 0.15) is 33.5 Å². The van der Waals surface area contributed by atoms with Gasteiger partial charge >= 0.3 is 0 Å².